The highest BCUT2D eigenvalue weighted by atomic mass is 16.5. The van der Waals surface area contributed by atoms with Gasteiger partial charge in [-0.3, -0.25) is 9.69 Å². The van der Waals surface area contributed by atoms with Crippen LogP contribution in [0.3, 0.4) is 0 Å². The minimum Gasteiger partial charge on any atom is -0.491 e. The fourth-order valence-corrected chi connectivity index (χ4v) is 2.34. The second-order valence-electron chi connectivity index (χ2n) is 4.95. The highest BCUT2D eigenvalue weighted by molar-refractivity contribution is 5.97. The van der Waals surface area contributed by atoms with Crippen molar-refractivity contribution in [2.45, 2.75) is 26.7 Å². The zero-order valence-electron chi connectivity index (χ0n) is 11.2. The number of benzene rings is 1. The lowest BCUT2D eigenvalue weighted by molar-refractivity contribution is 0.101. The number of hydrogen-bond donors (Lipinski definition) is 0. The summed E-state index contributed by atoms with van der Waals surface area (Å²) in [6, 6.07) is 5.78. The maximum atomic E-state index is 11.5. The molecule has 2 rings (SSSR count). The van der Waals surface area contributed by atoms with Gasteiger partial charge >= 0.3 is 0 Å². The Labute approximate surface area is 109 Å². The maximum absolute atomic E-state index is 11.5. The van der Waals surface area contributed by atoms with E-state index in [0.29, 0.717) is 17.9 Å². The smallest absolute Gasteiger partial charge is 0.163 e. The molecule has 1 aromatic carbocycles. The van der Waals surface area contributed by atoms with Crippen LogP contribution in [0.25, 0.3) is 0 Å². The molecule has 1 aliphatic rings. The van der Waals surface area contributed by atoms with Crippen LogP contribution in [0, 0.1) is 6.92 Å². The molecule has 98 valence electrons. The lowest BCUT2D eigenvalue weighted by Gasteiger charge is -2.16. The van der Waals surface area contributed by atoms with Crippen LogP contribution in [0.4, 0.5) is 0 Å². The summed E-state index contributed by atoms with van der Waals surface area (Å²) in [5.74, 6) is 0.780. The van der Waals surface area contributed by atoms with Gasteiger partial charge in [0.15, 0.2) is 5.78 Å². The quantitative estimate of drug-likeness (QED) is 0.749. The van der Waals surface area contributed by atoms with E-state index in [4.69, 9.17) is 4.74 Å². The van der Waals surface area contributed by atoms with Crippen LogP contribution < -0.4 is 4.74 Å². The molecule has 0 unspecified atom stereocenters. The molecule has 1 aromatic rings. The van der Waals surface area contributed by atoms with Gasteiger partial charge in [0.2, 0.25) is 0 Å². The first-order valence-corrected chi connectivity index (χ1v) is 6.63. The van der Waals surface area contributed by atoms with E-state index in [9.17, 15) is 4.79 Å². The fraction of sp³-hybridized carbons (Fsp3) is 0.533. The molecule has 0 N–H and O–H groups in total. The van der Waals surface area contributed by atoms with Crippen molar-refractivity contribution in [2.24, 2.45) is 0 Å². The molecule has 18 heavy (non-hydrogen) atoms. The average Bonchev–Trinajstić information content (AvgIpc) is 2.84. The molecule has 0 amide bonds. The Balaban J connectivity index is 1.93. The minimum absolute atomic E-state index is 0.0647. The lowest BCUT2D eigenvalue weighted by Crippen LogP contribution is -2.25. The highest BCUT2D eigenvalue weighted by Gasteiger charge is 2.12. The Morgan fingerprint density at radius 2 is 2.06 bits per heavy atom. The normalized spacial score (nSPS) is 15.9. The third-order valence-corrected chi connectivity index (χ3v) is 3.38. The molecule has 1 saturated heterocycles. The van der Waals surface area contributed by atoms with Crippen LogP contribution in [0.1, 0.15) is 35.7 Å². The summed E-state index contributed by atoms with van der Waals surface area (Å²) in [6.45, 7) is 7.53. The third kappa shape index (κ3) is 3.33. The van der Waals surface area contributed by atoms with Crippen LogP contribution in [0.2, 0.25) is 0 Å². The maximum Gasteiger partial charge on any atom is 0.163 e. The van der Waals surface area contributed by atoms with Crippen LogP contribution >= 0.6 is 0 Å². The summed E-state index contributed by atoms with van der Waals surface area (Å²) in [5, 5.41) is 0. The number of hydrogen-bond acceptors (Lipinski definition) is 3. The molecular weight excluding hydrogens is 226 g/mol. The van der Waals surface area contributed by atoms with Crippen molar-refractivity contribution in [3.05, 3.63) is 29.3 Å². The van der Waals surface area contributed by atoms with Gasteiger partial charge in [0.05, 0.1) is 5.56 Å². The van der Waals surface area contributed by atoms with Gasteiger partial charge in [-0.15, -0.1) is 0 Å². The monoisotopic (exact) mass is 247 g/mol. The van der Waals surface area contributed by atoms with Gasteiger partial charge in [-0.25, -0.2) is 0 Å². The molecule has 0 aromatic heterocycles. The summed E-state index contributed by atoms with van der Waals surface area (Å²) in [6.07, 6.45) is 2.59. The number of nitrogens with zero attached hydrogens (tertiary/aromatic N) is 1. The zero-order chi connectivity index (χ0) is 13.0. The molecule has 3 heteroatoms. The van der Waals surface area contributed by atoms with Crippen molar-refractivity contribution in [3.8, 4) is 5.75 Å². The van der Waals surface area contributed by atoms with Crippen LogP contribution in [-0.4, -0.2) is 36.9 Å². The molecular formula is C15H21NO2. The van der Waals surface area contributed by atoms with Crippen molar-refractivity contribution in [2.75, 3.05) is 26.2 Å². The van der Waals surface area contributed by atoms with E-state index in [1.165, 1.54) is 25.9 Å². The number of ketones is 1. The molecule has 1 fully saturated rings. The van der Waals surface area contributed by atoms with Crippen LogP contribution in [-0.2, 0) is 0 Å². The third-order valence-electron chi connectivity index (χ3n) is 3.38. The largest absolute Gasteiger partial charge is 0.491 e. The van der Waals surface area contributed by atoms with E-state index in [-0.39, 0.29) is 5.78 Å². The fourth-order valence-electron chi connectivity index (χ4n) is 2.34. The number of aryl methyl sites for hydroxylation is 1. The Bertz CT molecular complexity index is 423. The first-order chi connectivity index (χ1) is 8.66. The van der Waals surface area contributed by atoms with Gasteiger partial charge in [0.1, 0.15) is 12.4 Å². The van der Waals surface area contributed by atoms with Gasteiger partial charge in [-0.2, -0.15) is 0 Å². The van der Waals surface area contributed by atoms with Gasteiger partial charge in [0, 0.05) is 6.54 Å². The van der Waals surface area contributed by atoms with Crippen LogP contribution in [0.5, 0.6) is 5.75 Å². The van der Waals surface area contributed by atoms with E-state index in [0.717, 1.165) is 12.1 Å². The molecule has 0 bridgehead atoms. The van der Waals surface area contributed by atoms with E-state index in [2.05, 4.69) is 4.90 Å². The number of carbonyl (C=O) groups excluding carboxylic acids is 1. The van der Waals surface area contributed by atoms with E-state index in [1.54, 1.807) is 6.92 Å². The summed E-state index contributed by atoms with van der Waals surface area (Å²) in [5.41, 5.74) is 1.78. The number of rotatable bonds is 5. The predicted molar refractivity (Wildman–Crippen MR) is 72.4 cm³/mol. The second-order valence-corrected chi connectivity index (χ2v) is 4.95. The minimum atomic E-state index is 0.0647. The van der Waals surface area contributed by atoms with Gasteiger partial charge in [-0.05, 0) is 51.9 Å². The van der Waals surface area contributed by atoms with Gasteiger partial charge in [0.25, 0.3) is 0 Å². The number of likely N-dealkylation sites (tertiary alicyclic amines) is 1. The van der Waals surface area contributed by atoms with Crippen molar-refractivity contribution < 1.29 is 9.53 Å². The zero-order valence-corrected chi connectivity index (χ0v) is 11.2. The van der Waals surface area contributed by atoms with E-state index < -0.39 is 0 Å². The van der Waals surface area contributed by atoms with Crippen LogP contribution in [0.15, 0.2) is 18.2 Å². The topological polar surface area (TPSA) is 29.5 Å². The van der Waals surface area contributed by atoms with Gasteiger partial charge in [-0.1, -0.05) is 11.6 Å². The molecule has 1 aliphatic heterocycles. The van der Waals surface area contributed by atoms with Gasteiger partial charge < -0.3 is 4.74 Å². The summed E-state index contributed by atoms with van der Waals surface area (Å²) < 4.78 is 5.75. The lowest BCUT2D eigenvalue weighted by atomic mass is 10.1. The SMILES string of the molecule is CC(=O)c1cc(C)ccc1OCCN1CCCC1. The Hall–Kier alpha value is -1.35. The highest BCUT2D eigenvalue weighted by Crippen LogP contribution is 2.20. The summed E-state index contributed by atoms with van der Waals surface area (Å²) in [7, 11) is 0. The van der Waals surface area contributed by atoms with E-state index >= 15 is 0 Å². The molecule has 0 saturated carbocycles. The molecule has 0 spiro atoms. The van der Waals surface area contributed by atoms with Crippen molar-refractivity contribution in [1.82, 2.24) is 4.90 Å². The summed E-state index contributed by atoms with van der Waals surface area (Å²) >= 11 is 0. The average molecular weight is 247 g/mol. The Morgan fingerprint density at radius 1 is 1.33 bits per heavy atom. The molecule has 3 nitrogen and oxygen atoms in total. The van der Waals surface area contributed by atoms with Crippen molar-refractivity contribution in [3.63, 3.8) is 0 Å². The first-order valence-electron chi connectivity index (χ1n) is 6.63. The van der Waals surface area contributed by atoms with Crippen molar-refractivity contribution in [1.29, 1.82) is 0 Å². The standard InChI is InChI=1S/C15H21NO2/c1-12-5-6-15(14(11-12)13(2)17)18-10-9-16-7-3-4-8-16/h5-6,11H,3-4,7-10H2,1-2H3. The van der Waals surface area contributed by atoms with E-state index in [1.807, 2.05) is 25.1 Å². The molecule has 0 aliphatic carbocycles. The first kappa shape index (κ1) is 13.1. The molecule has 0 atom stereocenters. The Morgan fingerprint density at radius 3 is 2.72 bits per heavy atom. The molecule has 0 radical (unpaired) electrons. The number of Topliss-reactive ketones (excluding diaryl/α,β-unsaturated/α-hetero) is 1. The summed E-state index contributed by atoms with van der Waals surface area (Å²) in [4.78, 5) is 14.0. The van der Waals surface area contributed by atoms with Crippen molar-refractivity contribution >= 4 is 5.78 Å². The second kappa shape index (κ2) is 6.01. The number of carbonyl (C=O) groups is 1. The number of ether oxygens (including phenoxy) is 1. The Kier molecular flexibility index (Phi) is 4.37. The predicted octanol–water partition coefficient (Wildman–Crippen LogP) is 2.67. The molecule has 1 heterocycles.